The molecule has 0 spiro atoms. The van der Waals surface area contributed by atoms with E-state index in [2.05, 4.69) is 6.58 Å². The summed E-state index contributed by atoms with van der Waals surface area (Å²) in [5.41, 5.74) is 0.168. The van der Waals surface area contributed by atoms with Crippen LogP contribution in [0.1, 0.15) is 6.42 Å². The van der Waals surface area contributed by atoms with Gasteiger partial charge in [0.05, 0.1) is 4.92 Å². The Balaban J connectivity index is 2.79. The van der Waals surface area contributed by atoms with Gasteiger partial charge >= 0.3 is 0 Å². The van der Waals surface area contributed by atoms with E-state index in [1.807, 2.05) is 0 Å². The molecule has 0 saturated heterocycles. The zero-order valence-corrected chi connectivity index (χ0v) is 6.06. The van der Waals surface area contributed by atoms with Crippen LogP contribution in [0.3, 0.4) is 0 Å². The summed E-state index contributed by atoms with van der Waals surface area (Å²) in [5, 5.41) is 10.3. The van der Waals surface area contributed by atoms with Crippen LogP contribution in [0, 0.1) is 16.0 Å². The van der Waals surface area contributed by atoms with Crippen LogP contribution < -0.4 is 0 Å². The first-order chi connectivity index (χ1) is 5.24. The molecular formula is C8H9NO2. The Morgan fingerprint density at radius 2 is 2.55 bits per heavy atom. The van der Waals surface area contributed by atoms with Gasteiger partial charge in [-0.1, -0.05) is 12.2 Å². The molecule has 3 nitrogen and oxygen atoms in total. The van der Waals surface area contributed by atoms with Crippen LogP contribution in [0.2, 0.25) is 0 Å². The fourth-order valence-corrected chi connectivity index (χ4v) is 0.975. The summed E-state index contributed by atoms with van der Waals surface area (Å²) in [6.45, 7) is 3.58. The molecule has 0 heterocycles. The van der Waals surface area contributed by atoms with Crippen LogP contribution >= 0.6 is 0 Å². The second-order valence-electron chi connectivity index (χ2n) is 2.39. The first-order valence-electron chi connectivity index (χ1n) is 3.39. The molecule has 0 aliphatic heterocycles. The molecule has 0 bridgehead atoms. The van der Waals surface area contributed by atoms with Gasteiger partial charge in [-0.2, -0.15) is 0 Å². The minimum Gasteiger partial charge on any atom is -0.258 e. The average Bonchev–Trinajstić information content (AvgIpc) is 2.05. The van der Waals surface area contributed by atoms with E-state index in [9.17, 15) is 10.1 Å². The quantitative estimate of drug-likeness (QED) is 0.343. The summed E-state index contributed by atoms with van der Waals surface area (Å²) in [6.07, 6.45) is 7.48. The van der Waals surface area contributed by atoms with Gasteiger partial charge in [-0.05, 0) is 6.42 Å². The molecule has 0 aromatic rings. The Kier molecular flexibility index (Phi) is 2.21. The highest BCUT2D eigenvalue weighted by Gasteiger charge is 2.12. The van der Waals surface area contributed by atoms with E-state index in [1.54, 1.807) is 18.2 Å². The average molecular weight is 151 g/mol. The Morgan fingerprint density at radius 3 is 3.09 bits per heavy atom. The van der Waals surface area contributed by atoms with E-state index in [0.717, 1.165) is 6.42 Å². The highest BCUT2D eigenvalue weighted by atomic mass is 16.6. The van der Waals surface area contributed by atoms with Crippen molar-refractivity contribution in [3.63, 3.8) is 0 Å². The minimum atomic E-state index is -0.383. The van der Waals surface area contributed by atoms with Gasteiger partial charge in [-0.25, -0.2) is 0 Å². The summed E-state index contributed by atoms with van der Waals surface area (Å²) in [7, 11) is 0. The third-order valence-electron chi connectivity index (χ3n) is 1.60. The van der Waals surface area contributed by atoms with E-state index in [1.165, 1.54) is 6.08 Å². The van der Waals surface area contributed by atoms with Crippen LogP contribution in [-0.2, 0) is 0 Å². The second-order valence-corrected chi connectivity index (χ2v) is 2.39. The van der Waals surface area contributed by atoms with Crippen molar-refractivity contribution in [2.45, 2.75) is 6.42 Å². The lowest BCUT2D eigenvalue weighted by Crippen LogP contribution is -2.03. The minimum absolute atomic E-state index is 0.125. The Bertz CT molecular complexity index is 240. The van der Waals surface area contributed by atoms with Crippen molar-refractivity contribution in [2.24, 2.45) is 5.92 Å². The van der Waals surface area contributed by atoms with Gasteiger partial charge < -0.3 is 0 Å². The van der Waals surface area contributed by atoms with E-state index < -0.39 is 0 Å². The van der Waals surface area contributed by atoms with E-state index in [-0.39, 0.29) is 16.5 Å². The maximum absolute atomic E-state index is 10.3. The molecule has 11 heavy (non-hydrogen) atoms. The van der Waals surface area contributed by atoms with Crippen LogP contribution in [0.25, 0.3) is 0 Å². The van der Waals surface area contributed by atoms with Crippen LogP contribution in [0.4, 0.5) is 0 Å². The fourth-order valence-electron chi connectivity index (χ4n) is 0.975. The lowest BCUT2D eigenvalue weighted by atomic mass is 10.00. The predicted molar refractivity (Wildman–Crippen MR) is 42.5 cm³/mol. The normalized spacial score (nSPS) is 22.5. The molecule has 1 aliphatic carbocycles. The van der Waals surface area contributed by atoms with Crippen molar-refractivity contribution in [1.29, 1.82) is 0 Å². The lowest BCUT2D eigenvalue weighted by Gasteiger charge is -2.06. The van der Waals surface area contributed by atoms with Crippen molar-refractivity contribution < 1.29 is 4.92 Å². The highest BCUT2D eigenvalue weighted by molar-refractivity contribution is 5.19. The monoisotopic (exact) mass is 151 g/mol. The standard InChI is InChI=1S/C8H9NO2/c1-2-7-4-3-5-8(6-7)9(10)11/h2-3,5-7H,1,4H2. The summed E-state index contributed by atoms with van der Waals surface area (Å²) < 4.78 is 0. The van der Waals surface area contributed by atoms with E-state index >= 15 is 0 Å². The molecule has 0 aromatic carbocycles. The predicted octanol–water partition coefficient (Wildman–Crippen LogP) is 1.91. The molecule has 58 valence electrons. The molecule has 0 fully saturated rings. The molecule has 0 saturated carbocycles. The van der Waals surface area contributed by atoms with Crippen LogP contribution in [0.5, 0.6) is 0 Å². The molecule has 1 rings (SSSR count). The van der Waals surface area contributed by atoms with Gasteiger partial charge in [0, 0.05) is 18.1 Å². The largest absolute Gasteiger partial charge is 0.265 e. The smallest absolute Gasteiger partial charge is 0.258 e. The third-order valence-corrected chi connectivity index (χ3v) is 1.60. The molecule has 1 aliphatic rings. The second kappa shape index (κ2) is 3.14. The fraction of sp³-hybridized carbons (Fsp3) is 0.250. The summed E-state index contributed by atoms with van der Waals surface area (Å²) in [4.78, 5) is 9.88. The van der Waals surface area contributed by atoms with Gasteiger partial charge in [-0.15, -0.1) is 6.58 Å². The van der Waals surface area contributed by atoms with Gasteiger partial charge in [0.25, 0.3) is 5.70 Å². The van der Waals surface area contributed by atoms with E-state index in [4.69, 9.17) is 0 Å². The first kappa shape index (κ1) is 7.72. The molecule has 1 unspecified atom stereocenters. The molecular weight excluding hydrogens is 142 g/mol. The van der Waals surface area contributed by atoms with Crippen molar-refractivity contribution in [3.05, 3.63) is 46.7 Å². The SMILES string of the molecule is C=CC1C=C([N+](=O)[O-])C=CC1. The van der Waals surface area contributed by atoms with Crippen molar-refractivity contribution >= 4 is 0 Å². The summed E-state index contributed by atoms with van der Waals surface area (Å²) >= 11 is 0. The molecule has 0 aromatic heterocycles. The Hall–Kier alpha value is -1.38. The molecule has 0 N–H and O–H groups in total. The number of hydrogen-bond acceptors (Lipinski definition) is 2. The highest BCUT2D eigenvalue weighted by Crippen LogP contribution is 2.17. The van der Waals surface area contributed by atoms with Gasteiger partial charge in [0.15, 0.2) is 0 Å². The number of nitro groups is 1. The number of allylic oxidation sites excluding steroid dienone is 4. The zero-order valence-electron chi connectivity index (χ0n) is 6.06. The topological polar surface area (TPSA) is 43.1 Å². The number of nitrogens with zero attached hydrogens (tertiary/aromatic N) is 1. The Labute approximate surface area is 64.9 Å². The van der Waals surface area contributed by atoms with Crippen LogP contribution in [-0.4, -0.2) is 4.92 Å². The van der Waals surface area contributed by atoms with Gasteiger partial charge in [-0.3, -0.25) is 10.1 Å². The summed E-state index contributed by atoms with van der Waals surface area (Å²) in [5.74, 6) is 0.125. The molecule has 0 amide bonds. The Morgan fingerprint density at radius 1 is 1.82 bits per heavy atom. The van der Waals surface area contributed by atoms with Crippen molar-refractivity contribution in [3.8, 4) is 0 Å². The maximum atomic E-state index is 10.3. The molecule has 3 heteroatoms. The van der Waals surface area contributed by atoms with Gasteiger partial charge in [0.2, 0.25) is 0 Å². The molecule has 1 atom stereocenters. The third kappa shape index (κ3) is 1.77. The molecule has 0 radical (unpaired) electrons. The zero-order chi connectivity index (χ0) is 8.27. The number of rotatable bonds is 2. The van der Waals surface area contributed by atoms with Crippen molar-refractivity contribution in [1.82, 2.24) is 0 Å². The van der Waals surface area contributed by atoms with E-state index in [0.29, 0.717) is 0 Å². The first-order valence-corrected chi connectivity index (χ1v) is 3.39. The van der Waals surface area contributed by atoms with Crippen LogP contribution in [0.15, 0.2) is 36.6 Å². The maximum Gasteiger partial charge on any atom is 0.265 e. The number of hydrogen-bond donors (Lipinski definition) is 0. The summed E-state index contributed by atoms with van der Waals surface area (Å²) in [6, 6.07) is 0. The van der Waals surface area contributed by atoms with Gasteiger partial charge in [0.1, 0.15) is 0 Å². The van der Waals surface area contributed by atoms with Crippen molar-refractivity contribution in [2.75, 3.05) is 0 Å². The lowest BCUT2D eigenvalue weighted by molar-refractivity contribution is -0.419.